The molecule has 166 valence electrons. The number of benzene rings is 1. The summed E-state index contributed by atoms with van der Waals surface area (Å²) in [5, 5.41) is 4.57. The number of aryl methyl sites for hydroxylation is 2. The molecule has 32 heavy (non-hydrogen) atoms. The fourth-order valence-electron chi connectivity index (χ4n) is 3.92. The number of imidazole rings is 1. The van der Waals surface area contributed by atoms with E-state index in [4.69, 9.17) is 0 Å². The van der Waals surface area contributed by atoms with Crippen LogP contribution in [0, 0.1) is 0 Å². The molecule has 1 aliphatic rings. The summed E-state index contributed by atoms with van der Waals surface area (Å²) in [5.41, 5.74) is 0.933. The predicted molar refractivity (Wildman–Crippen MR) is 108 cm³/mol. The lowest BCUT2D eigenvalue weighted by atomic mass is 10.1. The molecule has 0 N–H and O–H groups in total. The number of alkyl halides is 4. The van der Waals surface area contributed by atoms with Crippen LogP contribution in [0.1, 0.15) is 5.69 Å². The van der Waals surface area contributed by atoms with Crippen LogP contribution in [0.25, 0.3) is 16.4 Å². The topological polar surface area (TPSA) is 64.7 Å². The van der Waals surface area contributed by atoms with Crippen molar-refractivity contribution in [2.24, 2.45) is 0 Å². The van der Waals surface area contributed by atoms with Gasteiger partial charge in [-0.25, -0.2) is 9.67 Å². The fraction of sp³-hybridized carbons (Fsp3) is 0.286. The molecule has 0 amide bonds. The molecule has 0 saturated carbocycles. The third-order valence-electron chi connectivity index (χ3n) is 5.24. The molecule has 0 atom stereocenters. The third-order valence-corrected chi connectivity index (χ3v) is 5.24. The van der Waals surface area contributed by atoms with Crippen LogP contribution in [0.15, 0.2) is 59.8 Å². The van der Waals surface area contributed by atoms with E-state index in [9.17, 15) is 22.4 Å². The van der Waals surface area contributed by atoms with Crippen LogP contribution in [-0.4, -0.2) is 44.5 Å². The Morgan fingerprint density at radius 1 is 1.03 bits per heavy atom. The van der Waals surface area contributed by atoms with E-state index >= 15 is 0 Å². The SMILES string of the molecule is O=c1c2c(N3CC(F)(F)OC(F)(F)C3)cccc2cnn1CCc1cn2ccccc2n1. The first-order valence-electron chi connectivity index (χ1n) is 9.83. The highest BCUT2D eigenvalue weighted by Crippen LogP contribution is 2.37. The number of fused-ring (bicyclic) bond motifs is 2. The fourth-order valence-corrected chi connectivity index (χ4v) is 3.92. The van der Waals surface area contributed by atoms with Gasteiger partial charge in [0.1, 0.15) is 18.7 Å². The predicted octanol–water partition coefficient (Wildman–Crippen LogP) is 3.31. The zero-order chi connectivity index (χ0) is 22.5. The Bertz CT molecular complexity index is 1320. The molecule has 11 heteroatoms. The van der Waals surface area contributed by atoms with Crippen LogP contribution in [0.2, 0.25) is 0 Å². The van der Waals surface area contributed by atoms with Gasteiger partial charge in [-0.05, 0) is 18.2 Å². The van der Waals surface area contributed by atoms with Gasteiger partial charge < -0.3 is 9.30 Å². The number of rotatable bonds is 4. The third kappa shape index (κ3) is 3.79. The number of ether oxygens (including phenoxy) is 1. The highest BCUT2D eigenvalue weighted by Gasteiger charge is 2.51. The average Bonchev–Trinajstić information content (AvgIpc) is 3.13. The van der Waals surface area contributed by atoms with Crippen LogP contribution >= 0.6 is 0 Å². The van der Waals surface area contributed by atoms with Gasteiger partial charge >= 0.3 is 12.2 Å². The molecule has 7 nitrogen and oxygen atoms in total. The van der Waals surface area contributed by atoms with Gasteiger partial charge in [0, 0.05) is 24.2 Å². The number of morpholine rings is 1. The van der Waals surface area contributed by atoms with Crippen LogP contribution < -0.4 is 10.5 Å². The van der Waals surface area contributed by atoms with Gasteiger partial charge in [-0.15, -0.1) is 0 Å². The summed E-state index contributed by atoms with van der Waals surface area (Å²) in [4.78, 5) is 18.4. The molecule has 1 saturated heterocycles. The quantitative estimate of drug-likeness (QED) is 0.449. The van der Waals surface area contributed by atoms with E-state index in [1.165, 1.54) is 23.0 Å². The highest BCUT2D eigenvalue weighted by molar-refractivity contribution is 5.93. The minimum Gasteiger partial charge on any atom is -0.353 e. The monoisotopic (exact) mass is 447 g/mol. The summed E-state index contributed by atoms with van der Waals surface area (Å²) in [6.45, 7) is -2.00. The summed E-state index contributed by atoms with van der Waals surface area (Å²) in [7, 11) is 0. The smallest absolute Gasteiger partial charge is 0.353 e. The Morgan fingerprint density at radius 2 is 1.81 bits per heavy atom. The Labute approximate surface area is 178 Å². The molecule has 1 aromatic carbocycles. The van der Waals surface area contributed by atoms with Crippen LogP contribution in [0.5, 0.6) is 0 Å². The summed E-state index contributed by atoms with van der Waals surface area (Å²) < 4.78 is 61.7. The first-order valence-corrected chi connectivity index (χ1v) is 9.83. The van der Waals surface area contributed by atoms with Crippen LogP contribution in [0.4, 0.5) is 23.2 Å². The first-order chi connectivity index (χ1) is 15.2. The molecule has 3 aromatic heterocycles. The molecule has 4 heterocycles. The molecular formula is C21H17F4N5O2. The van der Waals surface area contributed by atoms with E-state index in [-0.39, 0.29) is 17.6 Å². The van der Waals surface area contributed by atoms with Crippen molar-refractivity contribution in [3.8, 4) is 0 Å². The zero-order valence-corrected chi connectivity index (χ0v) is 16.6. The second-order valence-corrected chi connectivity index (χ2v) is 7.60. The number of hydrogen-bond donors (Lipinski definition) is 0. The van der Waals surface area contributed by atoms with Gasteiger partial charge in [-0.1, -0.05) is 18.2 Å². The normalized spacial score (nSPS) is 17.8. The molecule has 1 aliphatic heterocycles. The van der Waals surface area contributed by atoms with Crippen molar-refractivity contribution >= 4 is 22.1 Å². The summed E-state index contributed by atoms with van der Waals surface area (Å²) in [6, 6.07) is 10.0. The Kier molecular flexibility index (Phi) is 4.66. The van der Waals surface area contributed by atoms with Crippen molar-refractivity contribution in [3.63, 3.8) is 0 Å². The van der Waals surface area contributed by atoms with Crippen LogP contribution in [-0.2, 0) is 17.7 Å². The summed E-state index contributed by atoms with van der Waals surface area (Å²) >= 11 is 0. The van der Waals surface area contributed by atoms with Gasteiger partial charge in [0.05, 0.1) is 29.5 Å². The Morgan fingerprint density at radius 3 is 2.56 bits per heavy atom. The van der Waals surface area contributed by atoms with Crippen molar-refractivity contribution in [2.75, 3.05) is 18.0 Å². The van der Waals surface area contributed by atoms with E-state index < -0.39 is 30.9 Å². The van der Waals surface area contributed by atoms with E-state index in [2.05, 4.69) is 14.8 Å². The molecule has 5 rings (SSSR count). The van der Waals surface area contributed by atoms with Crippen molar-refractivity contribution in [2.45, 2.75) is 25.2 Å². The lowest BCUT2D eigenvalue weighted by Crippen LogP contribution is -2.55. The average molecular weight is 447 g/mol. The standard InChI is InChI=1S/C21H17F4N5O2/c22-20(23)12-29(13-21(24,25)32-20)16-5-3-4-14-10-26-30(19(31)18(14)16)9-7-15-11-28-8-2-1-6-17(28)27-15/h1-6,8,10-11H,7,9,12-13H2. The van der Waals surface area contributed by atoms with Crippen molar-refractivity contribution in [1.82, 2.24) is 19.2 Å². The second kappa shape index (κ2) is 7.30. The molecule has 0 aliphatic carbocycles. The van der Waals surface area contributed by atoms with E-state index in [1.54, 1.807) is 6.07 Å². The molecule has 1 fully saturated rings. The minimum absolute atomic E-state index is 0.0148. The number of nitrogens with zero attached hydrogens (tertiary/aromatic N) is 5. The van der Waals surface area contributed by atoms with Gasteiger partial charge in [0.2, 0.25) is 0 Å². The molecule has 0 unspecified atom stereocenters. The van der Waals surface area contributed by atoms with Gasteiger partial charge in [-0.2, -0.15) is 22.7 Å². The molecule has 0 radical (unpaired) electrons. The maximum Gasteiger partial charge on any atom is 0.377 e. The van der Waals surface area contributed by atoms with Gasteiger partial charge in [0.25, 0.3) is 5.56 Å². The number of pyridine rings is 1. The molecular weight excluding hydrogens is 430 g/mol. The van der Waals surface area contributed by atoms with Crippen molar-refractivity contribution in [1.29, 1.82) is 0 Å². The van der Waals surface area contributed by atoms with Crippen LogP contribution in [0.3, 0.4) is 0 Å². The van der Waals surface area contributed by atoms with E-state index in [0.29, 0.717) is 11.8 Å². The van der Waals surface area contributed by atoms with E-state index in [0.717, 1.165) is 16.2 Å². The second-order valence-electron chi connectivity index (χ2n) is 7.60. The molecule has 0 spiro atoms. The highest BCUT2D eigenvalue weighted by atomic mass is 19.3. The Balaban J connectivity index is 1.49. The van der Waals surface area contributed by atoms with Gasteiger partial charge in [0.15, 0.2) is 0 Å². The number of aromatic nitrogens is 4. The number of hydrogen-bond acceptors (Lipinski definition) is 5. The first kappa shape index (κ1) is 20.4. The maximum absolute atomic E-state index is 13.8. The molecule has 0 bridgehead atoms. The summed E-state index contributed by atoms with van der Waals surface area (Å²) in [5.74, 6) is 0. The largest absolute Gasteiger partial charge is 0.377 e. The lowest BCUT2D eigenvalue weighted by Gasteiger charge is -2.38. The minimum atomic E-state index is -4.06. The summed E-state index contributed by atoms with van der Waals surface area (Å²) in [6.07, 6.45) is -2.61. The Hall–Kier alpha value is -3.47. The number of halogens is 4. The number of anilines is 1. The maximum atomic E-state index is 13.8. The zero-order valence-electron chi connectivity index (χ0n) is 16.6. The van der Waals surface area contributed by atoms with Crippen molar-refractivity contribution in [3.05, 3.63) is 71.0 Å². The van der Waals surface area contributed by atoms with Crippen molar-refractivity contribution < 1.29 is 22.3 Å². The van der Waals surface area contributed by atoms with E-state index in [1.807, 2.05) is 35.0 Å². The molecule has 4 aromatic rings. The lowest BCUT2D eigenvalue weighted by molar-refractivity contribution is -0.380. The van der Waals surface area contributed by atoms with Gasteiger partial charge in [-0.3, -0.25) is 9.53 Å².